The smallest absolute Gasteiger partial charge is 0.00956 e. The monoisotopic (exact) mass is 538 g/mol. The van der Waals surface area contributed by atoms with Gasteiger partial charge in [-0.3, -0.25) is 6.08 Å². The van der Waals surface area contributed by atoms with Gasteiger partial charge in [0.25, 0.3) is 0 Å². The number of fused-ring (bicyclic) bond motifs is 1. The SMILES string of the molecule is CC1=[C-]C(C)C(C)=C1C.C[Si](C)=[Zr+2].Cl.Cl.c1ccc2c(-c3ccsc3)c[cH-]c2c1. The number of rotatable bonds is 1. The van der Waals surface area contributed by atoms with Gasteiger partial charge in [-0.25, -0.2) is 5.57 Å². The first-order chi connectivity index (χ1) is 12.8. The van der Waals surface area contributed by atoms with Crippen molar-refractivity contribution in [1.29, 1.82) is 0 Å². The summed E-state index contributed by atoms with van der Waals surface area (Å²) in [7, 11) is 0. The fourth-order valence-electron chi connectivity index (χ4n) is 2.98. The molecule has 1 aromatic heterocycles. The topological polar surface area (TPSA) is 0 Å². The minimum absolute atomic E-state index is 0. The molecule has 0 saturated carbocycles. The second-order valence-corrected chi connectivity index (χ2v) is 17.3. The van der Waals surface area contributed by atoms with E-state index in [1.54, 1.807) is 34.7 Å². The quantitative estimate of drug-likeness (QED) is 0.214. The molecule has 1 aliphatic rings. The molecule has 1 heterocycles. The van der Waals surface area contributed by atoms with Gasteiger partial charge in [0.15, 0.2) is 0 Å². The average Bonchev–Trinajstić information content (AvgIpc) is 3.33. The molecule has 0 aliphatic heterocycles. The van der Waals surface area contributed by atoms with E-state index in [0.29, 0.717) is 5.92 Å². The number of benzene rings is 1. The molecule has 0 amide bonds. The van der Waals surface area contributed by atoms with Gasteiger partial charge in [-0.05, 0) is 10.8 Å². The third-order valence-electron chi connectivity index (χ3n) is 4.75. The van der Waals surface area contributed by atoms with Crippen LogP contribution in [0.15, 0.2) is 69.9 Å². The molecular weight excluding hydrogens is 511 g/mol. The average molecular weight is 541 g/mol. The molecule has 0 fully saturated rings. The molecule has 3 aromatic rings. The Morgan fingerprint density at radius 1 is 1.07 bits per heavy atom. The Kier molecular flexibility index (Phi) is 13.7. The first-order valence-electron chi connectivity index (χ1n) is 9.27. The Bertz CT molecular complexity index is 964. The molecular formula is C24H30Cl2SSiZr. The van der Waals surface area contributed by atoms with Gasteiger partial charge in [-0.15, -0.1) is 78.4 Å². The summed E-state index contributed by atoms with van der Waals surface area (Å²) in [6, 6.07) is 15.1. The zero-order valence-electron chi connectivity index (χ0n) is 18.0. The fraction of sp³-hybridized carbons (Fsp3) is 0.292. The first-order valence-corrected chi connectivity index (χ1v) is 16.4. The zero-order chi connectivity index (χ0) is 20.0. The second kappa shape index (κ2) is 13.9. The third-order valence-corrected chi connectivity index (χ3v) is 5.43. The molecule has 0 nitrogen and oxygen atoms in total. The Morgan fingerprint density at radius 3 is 2.14 bits per heavy atom. The Balaban J connectivity index is 0.000000458. The van der Waals surface area contributed by atoms with Crippen molar-refractivity contribution in [2.24, 2.45) is 5.92 Å². The first kappa shape index (κ1) is 28.7. The van der Waals surface area contributed by atoms with Gasteiger partial charge in [0, 0.05) is 0 Å². The van der Waals surface area contributed by atoms with Crippen LogP contribution in [-0.4, -0.2) is 5.43 Å². The van der Waals surface area contributed by atoms with E-state index in [9.17, 15) is 0 Å². The molecule has 5 heteroatoms. The van der Waals surface area contributed by atoms with Crippen LogP contribution in [0.3, 0.4) is 0 Å². The van der Waals surface area contributed by atoms with Gasteiger partial charge in [-0.2, -0.15) is 22.5 Å². The predicted octanol–water partition coefficient (Wildman–Crippen LogP) is 8.64. The Hall–Kier alpha value is -0.310. The van der Waals surface area contributed by atoms with Crippen molar-refractivity contribution in [2.75, 3.05) is 0 Å². The van der Waals surface area contributed by atoms with Crippen LogP contribution in [0.2, 0.25) is 13.1 Å². The summed E-state index contributed by atoms with van der Waals surface area (Å²) >= 11 is 3.48. The largest absolute Gasteiger partial charge is 0.153 e. The van der Waals surface area contributed by atoms with Gasteiger partial charge in [-0.1, -0.05) is 44.4 Å². The van der Waals surface area contributed by atoms with Crippen LogP contribution >= 0.6 is 36.2 Å². The van der Waals surface area contributed by atoms with Gasteiger partial charge >= 0.3 is 41.9 Å². The van der Waals surface area contributed by atoms with Crippen molar-refractivity contribution in [2.45, 2.75) is 40.8 Å². The van der Waals surface area contributed by atoms with Crippen LogP contribution in [0.4, 0.5) is 0 Å². The maximum atomic E-state index is 3.36. The molecule has 0 radical (unpaired) electrons. The normalized spacial score (nSPS) is 14.6. The summed E-state index contributed by atoms with van der Waals surface area (Å²) in [5.74, 6) is 0.560. The van der Waals surface area contributed by atoms with E-state index in [4.69, 9.17) is 0 Å². The van der Waals surface area contributed by atoms with Crippen LogP contribution < -0.4 is 0 Å². The molecule has 1 unspecified atom stereocenters. The Morgan fingerprint density at radius 2 is 1.69 bits per heavy atom. The maximum absolute atomic E-state index is 3.36. The summed E-state index contributed by atoms with van der Waals surface area (Å²) in [5, 5.41) is 7.00. The summed E-state index contributed by atoms with van der Waals surface area (Å²) in [6.45, 7) is 13.3. The number of allylic oxidation sites excluding steroid dienone is 4. The summed E-state index contributed by atoms with van der Waals surface area (Å²) in [4.78, 5) is 0. The van der Waals surface area contributed by atoms with Crippen molar-refractivity contribution in [3.63, 3.8) is 0 Å². The van der Waals surface area contributed by atoms with E-state index < -0.39 is 0 Å². The van der Waals surface area contributed by atoms with Crippen LogP contribution in [0.1, 0.15) is 27.7 Å². The fourth-order valence-corrected chi connectivity index (χ4v) is 3.64. The minimum atomic E-state index is 0. The van der Waals surface area contributed by atoms with E-state index in [-0.39, 0.29) is 30.2 Å². The van der Waals surface area contributed by atoms with Crippen LogP contribution in [0.5, 0.6) is 0 Å². The number of thiophene rings is 1. The van der Waals surface area contributed by atoms with Gasteiger partial charge < -0.3 is 0 Å². The molecule has 154 valence electrons. The van der Waals surface area contributed by atoms with Crippen LogP contribution in [0, 0.1) is 12.0 Å². The van der Waals surface area contributed by atoms with Gasteiger partial charge in [0.1, 0.15) is 0 Å². The molecule has 0 bridgehead atoms. The van der Waals surface area contributed by atoms with E-state index in [0.717, 1.165) is 0 Å². The summed E-state index contributed by atoms with van der Waals surface area (Å²) in [6.07, 6.45) is 3.36. The van der Waals surface area contributed by atoms with E-state index in [1.165, 1.54) is 38.6 Å². The van der Waals surface area contributed by atoms with Crippen molar-refractivity contribution < 1.29 is 23.3 Å². The van der Waals surface area contributed by atoms with Crippen molar-refractivity contribution >= 4 is 52.4 Å². The number of halogens is 2. The molecule has 2 aromatic carbocycles. The molecule has 29 heavy (non-hydrogen) atoms. The minimum Gasteiger partial charge on any atom is -0.153 e. The van der Waals surface area contributed by atoms with Crippen molar-refractivity contribution in [3.8, 4) is 11.1 Å². The molecule has 1 aliphatic carbocycles. The maximum Gasteiger partial charge on any atom is -0.00956 e. The van der Waals surface area contributed by atoms with Crippen LogP contribution in [0.25, 0.3) is 21.9 Å². The van der Waals surface area contributed by atoms with Crippen molar-refractivity contribution in [3.05, 3.63) is 76.0 Å². The van der Waals surface area contributed by atoms with Gasteiger partial charge in [0.2, 0.25) is 0 Å². The number of hydrogen-bond acceptors (Lipinski definition) is 1. The van der Waals surface area contributed by atoms with Crippen LogP contribution in [-0.2, 0) is 23.3 Å². The van der Waals surface area contributed by atoms with E-state index in [1.807, 2.05) is 0 Å². The van der Waals surface area contributed by atoms with Crippen molar-refractivity contribution in [1.82, 2.24) is 0 Å². The predicted molar refractivity (Wildman–Crippen MR) is 135 cm³/mol. The summed E-state index contributed by atoms with van der Waals surface area (Å²) in [5.41, 5.74) is 7.13. The molecule has 0 N–H and O–H groups in total. The second-order valence-electron chi connectivity index (χ2n) is 7.15. The van der Waals surface area contributed by atoms with Gasteiger partial charge in [0.05, 0.1) is 0 Å². The van der Waals surface area contributed by atoms with E-state index >= 15 is 0 Å². The number of hydrogen-bond donors (Lipinski definition) is 0. The molecule has 1 atom stereocenters. The summed E-state index contributed by atoms with van der Waals surface area (Å²) < 4.78 is 0. The molecule has 0 saturated heterocycles. The molecule has 0 spiro atoms. The zero-order valence-corrected chi connectivity index (χ0v) is 23.9. The van der Waals surface area contributed by atoms with E-state index in [2.05, 4.69) is 100 Å². The third kappa shape index (κ3) is 8.38. The standard InChI is InChI=1S/C13H9S.C9H13.C2H6Si.2ClH.Zr/c1-2-4-12-10(3-1)5-6-13(12)11-7-8-14-9-11;1-6-5-7(2)9(4)8(6)3;1-3-2;;;/h1-9H;6H,1-4H3;1-2H3;2*1H;/q2*-1;;;;+2. The Labute approximate surface area is 208 Å². The molecule has 4 rings (SSSR count).